The summed E-state index contributed by atoms with van der Waals surface area (Å²) in [5.41, 5.74) is 9.32. The average Bonchev–Trinajstić information content (AvgIpc) is 2.90. The molecule has 1 aliphatic carbocycles. The van der Waals surface area contributed by atoms with Crippen molar-refractivity contribution in [3.05, 3.63) is 113 Å². The van der Waals surface area contributed by atoms with Gasteiger partial charge >= 0.3 is 5.97 Å². The van der Waals surface area contributed by atoms with Gasteiger partial charge in [0, 0.05) is 6.04 Å². The minimum Gasteiger partial charge on any atom is -0.482 e. The van der Waals surface area contributed by atoms with Crippen LogP contribution in [0.15, 0.2) is 90.5 Å². The maximum atomic E-state index is 10.9. The molecular formula is C30H33NO4. The predicted molar refractivity (Wildman–Crippen MR) is 137 cm³/mol. The van der Waals surface area contributed by atoms with Crippen LogP contribution in [0.4, 0.5) is 0 Å². The van der Waals surface area contributed by atoms with Gasteiger partial charge in [-0.3, -0.25) is 4.84 Å². The van der Waals surface area contributed by atoms with Gasteiger partial charge in [0.2, 0.25) is 0 Å². The van der Waals surface area contributed by atoms with E-state index in [1.54, 1.807) is 0 Å². The third kappa shape index (κ3) is 6.81. The fraction of sp³-hybridized carbons (Fsp3) is 0.300. The van der Waals surface area contributed by atoms with Crippen LogP contribution in [0.5, 0.6) is 5.75 Å². The highest BCUT2D eigenvalue weighted by Gasteiger charge is 2.19. The van der Waals surface area contributed by atoms with Crippen LogP contribution in [0.3, 0.4) is 0 Å². The number of benzene rings is 3. The van der Waals surface area contributed by atoms with E-state index in [-0.39, 0.29) is 18.8 Å². The standard InChI is InChI=1S/C30H33NO4/c1-2-26(31-35-30(23-10-5-3-6-11-23)24-12-7-4-8-13-24)18-16-22-17-19-27-25(20-22)14-9-15-28(27)34-21-29(32)33/h3-16,26,30-31H,2,17-21H2,1H3,(H,32,33)/b22-16+. The van der Waals surface area contributed by atoms with Gasteiger partial charge in [-0.05, 0) is 60.4 Å². The molecule has 0 heterocycles. The molecule has 0 radical (unpaired) electrons. The van der Waals surface area contributed by atoms with Gasteiger partial charge in [-0.25, -0.2) is 4.79 Å². The Bertz CT molecular complexity index is 1090. The van der Waals surface area contributed by atoms with Crippen molar-refractivity contribution in [1.29, 1.82) is 0 Å². The molecule has 2 N–H and O–H groups in total. The van der Waals surface area contributed by atoms with E-state index in [2.05, 4.69) is 48.8 Å². The molecule has 1 atom stereocenters. The Morgan fingerprint density at radius 3 is 2.29 bits per heavy atom. The second-order valence-electron chi connectivity index (χ2n) is 8.89. The second kappa shape index (κ2) is 12.3. The zero-order chi connectivity index (χ0) is 24.5. The molecule has 0 saturated carbocycles. The number of hydroxylamine groups is 1. The minimum atomic E-state index is -0.957. The summed E-state index contributed by atoms with van der Waals surface area (Å²) in [4.78, 5) is 17.2. The van der Waals surface area contributed by atoms with Gasteiger partial charge in [0.1, 0.15) is 11.9 Å². The largest absolute Gasteiger partial charge is 0.482 e. The van der Waals surface area contributed by atoms with E-state index in [4.69, 9.17) is 14.7 Å². The lowest BCUT2D eigenvalue weighted by Crippen LogP contribution is -2.30. The topological polar surface area (TPSA) is 67.8 Å². The van der Waals surface area contributed by atoms with Crippen molar-refractivity contribution in [2.45, 2.75) is 51.2 Å². The fourth-order valence-electron chi connectivity index (χ4n) is 4.48. The lowest BCUT2D eigenvalue weighted by molar-refractivity contribution is -0.139. The zero-order valence-electron chi connectivity index (χ0n) is 20.2. The van der Waals surface area contributed by atoms with E-state index in [0.717, 1.165) is 48.8 Å². The van der Waals surface area contributed by atoms with Crippen molar-refractivity contribution < 1.29 is 19.5 Å². The first-order valence-corrected chi connectivity index (χ1v) is 12.3. The van der Waals surface area contributed by atoms with Crippen LogP contribution < -0.4 is 10.2 Å². The minimum absolute atomic E-state index is 0.176. The molecule has 0 aromatic heterocycles. The molecule has 182 valence electrons. The lowest BCUT2D eigenvalue weighted by Gasteiger charge is -2.24. The zero-order valence-corrected chi connectivity index (χ0v) is 20.2. The van der Waals surface area contributed by atoms with E-state index in [0.29, 0.717) is 5.75 Å². The van der Waals surface area contributed by atoms with Crippen LogP contribution in [-0.4, -0.2) is 23.7 Å². The van der Waals surface area contributed by atoms with Crippen molar-refractivity contribution >= 4 is 5.97 Å². The summed E-state index contributed by atoms with van der Waals surface area (Å²) in [5.74, 6) is -0.264. The summed E-state index contributed by atoms with van der Waals surface area (Å²) < 4.78 is 5.50. The molecule has 4 rings (SSSR count). The number of fused-ring (bicyclic) bond motifs is 1. The summed E-state index contributed by atoms with van der Waals surface area (Å²) in [7, 11) is 0. The highest BCUT2D eigenvalue weighted by molar-refractivity contribution is 5.68. The maximum Gasteiger partial charge on any atom is 0.341 e. The Balaban J connectivity index is 1.39. The van der Waals surface area contributed by atoms with Crippen LogP contribution in [0.1, 0.15) is 54.5 Å². The Morgan fingerprint density at radius 1 is 0.971 bits per heavy atom. The monoisotopic (exact) mass is 471 g/mol. The number of carbonyl (C=O) groups is 1. The Morgan fingerprint density at radius 2 is 1.66 bits per heavy atom. The molecule has 0 saturated heterocycles. The first-order chi connectivity index (χ1) is 17.1. The Labute approximate surface area is 207 Å². The maximum absolute atomic E-state index is 10.9. The highest BCUT2D eigenvalue weighted by atomic mass is 16.7. The molecule has 5 heteroatoms. The third-order valence-corrected chi connectivity index (χ3v) is 6.44. The average molecular weight is 472 g/mol. The number of nitrogens with one attached hydrogen (secondary N) is 1. The molecule has 35 heavy (non-hydrogen) atoms. The van der Waals surface area contributed by atoms with Crippen molar-refractivity contribution in [3.63, 3.8) is 0 Å². The molecule has 5 nitrogen and oxygen atoms in total. The van der Waals surface area contributed by atoms with Gasteiger partial charge in [0.25, 0.3) is 0 Å². The number of hydrogen-bond acceptors (Lipinski definition) is 4. The highest BCUT2D eigenvalue weighted by Crippen LogP contribution is 2.32. The van der Waals surface area contributed by atoms with Crippen LogP contribution in [0.25, 0.3) is 0 Å². The van der Waals surface area contributed by atoms with Crippen molar-refractivity contribution in [2.75, 3.05) is 6.61 Å². The van der Waals surface area contributed by atoms with Crippen molar-refractivity contribution in [1.82, 2.24) is 5.48 Å². The van der Waals surface area contributed by atoms with Crippen molar-refractivity contribution in [2.24, 2.45) is 0 Å². The van der Waals surface area contributed by atoms with Gasteiger partial charge in [-0.2, -0.15) is 5.48 Å². The third-order valence-electron chi connectivity index (χ3n) is 6.44. The number of aliphatic carboxylic acids is 1. The molecule has 0 spiro atoms. The number of rotatable bonds is 11. The van der Waals surface area contributed by atoms with E-state index in [1.807, 2.05) is 48.5 Å². The molecule has 1 unspecified atom stereocenters. The Hall–Kier alpha value is -3.41. The molecule has 0 fully saturated rings. The molecule has 3 aromatic carbocycles. The summed E-state index contributed by atoms with van der Waals surface area (Å²) >= 11 is 0. The Kier molecular flexibility index (Phi) is 8.71. The second-order valence-corrected chi connectivity index (χ2v) is 8.89. The summed E-state index contributed by atoms with van der Waals surface area (Å²) in [6.07, 6.45) is 6.67. The summed E-state index contributed by atoms with van der Waals surface area (Å²) in [5, 5.41) is 8.92. The van der Waals surface area contributed by atoms with E-state index in [1.165, 1.54) is 11.1 Å². The molecule has 0 amide bonds. The van der Waals surface area contributed by atoms with Crippen molar-refractivity contribution in [3.8, 4) is 5.75 Å². The predicted octanol–water partition coefficient (Wildman–Crippen LogP) is 6.04. The van der Waals surface area contributed by atoms with Gasteiger partial charge in [0.05, 0.1) is 0 Å². The van der Waals surface area contributed by atoms with Crippen LogP contribution in [0.2, 0.25) is 0 Å². The molecule has 0 bridgehead atoms. The van der Waals surface area contributed by atoms with Gasteiger partial charge in [-0.15, -0.1) is 0 Å². The van der Waals surface area contributed by atoms with E-state index >= 15 is 0 Å². The van der Waals surface area contributed by atoms with Gasteiger partial charge in [0.15, 0.2) is 6.61 Å². The summed E-state index contributed by atoms with van der Waals surface area (Å²) in [6, 6.07) is 26.7. The number of carboxylic acids is 1. The first-order valence-electron chi connectivity index (χ1n) is 12.3. The van der Waals surface area contributed by atoms with Crippen LogP contribution in [-0.2, 0) is 22.5 Å². The van der Waals surface area contributed by atoms with Crippen LogP contribution >= 0.6 is 0 Å². The number of carboxylic acid groups (broad SMARTS) is 1. The quantitative estimate of drug-likeness (QED) is 0.263. The summed E-state index contributed by atoms with van der Waals surface area (Å²) in [6.45, 7) is 1.86. The molecular weight excluding hydrogens is 438 g/mol. The molecule has 3 aromatic rings. The van der Waals surface area contributed by atoms with Gasteiger partial charge < -0.3 is 9.84 Å². The lowest BCUT2D eigenvalue weighted by atomic mass is 9.86. The van der Waals surface area contributed by atoms with E-state index < -0.39 is 5.97 Å². The number of ether oxygens (including phenoxy) is 1. The fourth-order valence-corrected chi connectivity index (χ4v) is 4.48. The smallest absolute Gasteiger partial charge is 0.341 e. The number of hydrogen-bond donors (Lipinski definition) is 2. The van der Waals surface area contributed by atoms with Crippen LogP contribution in [0, 0.1) is 0 Å². The SMILES string of the molecule is CCC(C/C=C1\CCc2c(cccc2OCC(=O)O)C1)NOC(c1ccccc1)c1ccccc1. The van der Waals surface area contributed by atoms with E-state index in [9.17, 15) is 4.79 Å². The molecule has 1 aliphatic rings. The van der Waals surface area contributed by atoms with Gasteiger partial charge in [-0.1, -0.05) is 91.4 Å². The molecule has 0 aliphatic heterocycles. The normalized spacial score (nSPS) is 15.1. The number of allylic oxidation sites excluding steroid dienone is 1. The first kappa shape index (κ1) is 24.7.